The molecule has 0 amide bonds. The van der Waals surface area contributed by atoms with E-state index in [4.69, 9.17) is 9.84 Å². The standard InChI is InChI=1S/C32H62O4.C2H6O/c1-2-3-4-5-6-7-8-10-14-17-20-23-26-29-32(35)36-30-27-24-21-18-15-12-9-11-13-16-19-22-25-28-31(33)34;1-3-2/h2-30H2,1H3,(H,33,34);1-2H3. The molecule has 0 aromatic carbocycles. The van der Waals surface area contributed by atoms with Gasteiger partial charge in [-0.3, -0.25) is 9.59 Å². The Balaban J connectivity index is 0. The summed E-state index contributed by atoms with van der Waals surface area (Å²) in [5.41, 5.74) is 0. The summed E-state index contributed by atoms with van der Waals surface area (Å²) >= 11 is 0. The van der Waals surface area contributed by atoms with E-state index in [-0.39, 0.29) is 5.97 Å². The Morgan fingerprint density at radius 1 is 0.462 bits per heavy atom. The molecule has 0 atom stereocenters. The topological polar surface area (TPSA) is 72.8 Å². The van der Waals surface area contributed by atoms with E-state index in [1.54, 1.807) is 14.2 Å². The number of aliphatic carboxylic acids is 1. The molecule has 1 N–H and O–H groups in total. The van der Waals surface area contributed by atoms with Gasteiger partial charge >= 0.3 is 11.9 Å². The van der Waals surface area contributed by atoms with Gasteiger partial charge in [0.1, 0.15) is 0 Å². The molecular formula is C34H68O5. The molecule has 39 heavy (non-hydrogen) atoms. The number of rotatable bonds is 30. The van der Waals surface area contributed by atoms with Crippen LogP contribution in [0.4, 0.5) is 0 Å². The molecule has 0 aliphatic heterocycles. The largest absolute Gasteiger partial charge is 0.481 e. The van der Waals surface area contributed by atoms with Gasteiger partial charge in [0.15, 0.2) is 0 Å². The van der Waals surface area contributed by atoms with Crippen molar-refractivity contribution < 1.29 is 24.2 Å². The van der Waals surface area contributed by atoms with Gasteiger partial charge in [-0.1, -0.05) is 155 Å². The van der Waals surface area contributed by atoms with E-state index in [1.807, 2.05) is 0 Å². The summed E-state index contributed by atoms with van der Waals surface area (Å²) in [7, 11) is 3.25. The van der Waals surface area contributed by atoms with Gasteiger partial charge in [0.25, 0.3) is 0 Å². The summed E-state index contributed by atoms with van der Waals surface area (Å²) in [5.74, 6) is -0.670. The Hall–Kier alpha value is -1.10. The number of carboxylic acid groups (broad SMARTS) is 1. The monoisotopic (exact) mass is 557 g/mol. The van der Waals surface area contributed by atoms with Crippen LogP contribution in [0.25, 0.3) is 0 Å². The molecule has 0 saturated heterocycles. The fraction of sp³-hybridized carbons (Fsp3) is 0.941. The fourth-order valence-corrected chi connectivity index (χ4v) is 4.87. The Labute approximate surface area is 243 Å². The summed E-state index contributed by atoms with van der Waals surface area (Å²) in [6.45, 7) is 2.88. The normalized spacial score (nSPS) is 10.7. The second-order valence-electron chi connectivity index (χ2n) is 11.4. The molecule has 0 aromatic rings. The molecule has 0 fully saturated rings. The van der Waals surface area contributed by atoms with E-state index < -0.39 is 5.97 Å². The van der Waals surface area contributed by atoms with E-state index in [2.05, 4.69) is 11.7 Å². The highest BCUT2D eigenvalue weighted by Crippen LogP contribution is 2.14. The number of hydrogen-bond donors (Lipinski definition) is 1. The lowest BCUT2D eigenvalue weighted by Crippen LogP contribution is -2.05. The lowest BCUT2D eigenvalue weighted by atomic mass is 10.0. The molecule has 0 unspecified atom stereocenters. The van der Waals surface area contributed by atoms with E-state index >= 15 is 0 Å². The lowest BCUT2D eigenvalue weighted by molar-refractivity contribution is -0.144. The third-order valence-corrected chi connectivity index (χ3v) is 7.28. The van der Waals surface area contributed by atoms with Gasteiger partial charge in [-0.2, -0.15) is 0 Å². The molecule has 0 spiro atoms. The molecular weight excluding hydrogens is 488 g/mol. The van der Waals surface area contributed by atoms with Gasteiger partial charge in [0.05, 0.1) is 6.61 Å². The number of carbonyl (C=O) groups excluding carboxylic acids is 1. The van der Waals surface area contributed by atoms with Crippen molar-refractivity contribution in [3.05, 3.63) is 0 Å². The van der Waals surface area contributed by atoms with Crippen molar-refractivity contribution in [3.63, 3.8) is 0 Å². The zero-order valence-corrected chi connectivity index (χ0v) is 26.6. The SMILES string of the molecule is CCCCCCCCCCCCCCCC(=O)OCCCCCCCCCCCCCCCC(=O)O.COC. The number of methoxy groups -OCH3 is 1. The lowest BCUT2D eigenvalue weighted by Gasteiger charge is -2.06. The van der Waals surface area contributed by atoms with Crippen LogP contribution in [0.5, 0.6) is 0 Å². The van der Waals surface area contributed by atoms with Crippen molar-refractivity contribution >= 4 is 11.9 Å². The van der Waals surface area contributed by atoms with Crippen LogP contribution >= 0.6 is 0 Å². The minimum absolute atomic E-state index is 0.0000384. The molecule has 0 heterocycles. The average molecular weight is 557 g/mol. The predicted octanol–water partition coefficient (Wildman–Crippen LogP) is 10.8. The van der Waals surface area contributed by atoms with Crippen LogP contribution in [0.3, 0.4) is 0 Å². The third-order valence-electron chi connectivity index (χ3n) is 7.28. The summed E-state index contributed by atoms with van der Waals surface area (Å²) in [6, 6.07) is 0. The number of esters is 1. The van der Waals surface area contributed by atoms with Crippen LogP contribution in [0.1, 0.15) is 187 Å². The maximum absolute atomic E-state index is 11.9. The molecule has 0 radical (unpaired) electrons. The summed E-state index contributed by atoms with van der Waals surface area (Å²) < 4.78 is 9.65. The third kappa shape index (κ3) is 41.5. The molecule has 0 aliphatic rings. The predicted molar refractivity (Wildman–Crippen MR) is 166 cm³/mol. The molecule has 0 rings (SSSR count). The molecule has 5 nitrogen and oxygen atoms in total. The van der Waals surface area contributed by atoms with Gasteiger partial charge in [-0.25, -0.2) is 0 Å². The highest BCUT2D eigenvalue weighted by atomic mass is 16.5. The van der Waals surface area contributed by atoms with E-state index in [9.17, 15) is 9.59 Å². The van der Waals surface area contributed by atoms with Crippen molar-refractivity contribution in [3.8, 4) is 0 Å². The van der Waals surface area contributed by atoms with Crippen LogP contribution in [0.15, 0.2) is 0 Å². The minimum atomic E-state index is -0.670. The summed E-state index contributed by atoms with van der Waals surface area (Å²) in [4.78, 5) is 22.3. The second kappa shape index (κ2) is 36.9. The van der Waals surface area contributed by atoms with Gasteiger partial charge in [0.2, 0.25) is 0 Å². The Kier molecular flexibility index (Phi) is 37.9. The van der Waals surface area contributed by atoms with Crippen LogP contribution in [0.2, 0.25) is 0 Å². The molecule has 234 valence electrons. The highest BCUT2D eigenvalue weighted by Gasteiger charge is 2.03. The Morgan fingerprint density at radius 3 is 1.08 bits per heavy atom. The van der Waals surface area contributed by atoms with Crippen molar-refractivity contribution in [2.24, 2.45) is 0 Å². The van der Waals surface area contributed by atoms with Crippen LogP contribution in [-0.2, 0) is 19.1 Å². The van der Waals surface area contributed by atoms with Gasteiger partial charge in [0, 0.05) is 27.1 Å². The Bertz CT molecular complexity index is 480. The zero-order chi connectivity index (χ0) is 29.1. The smallest absolute Gasteiger partial charge is 0.305 e. The zero-order valence-electron chi connectivity index (χ0n) is 26.6. The van der Waals surface area contributed by atoms with Crippen LogP contribution < -0.4 is 0 Å². The number of carboxylic acids is 1. The number of hydrogen-bond acceptors (Lipinski definition) is 4. The number of unbranched alkanes of at least 4 members (excludes halogenated alkanes) is 24. The van der Waals surface area contributed by atoms with Crippen LogP contribution in [0, 0.1) is 0 Å². The molecule has 5 heteroatoms. The maximum atomic E-state index is 11.9. The quantitative estimate of drug-likeness (QED) is 0.0703. The van der Waals surface area contributed by atoms with Crippen molar-refractivity contribution in [2.45, 2.75) is 187 Å². The molecule has 0 aromatic heterocycles. The summed E-state index contributed by atoms with van der Waals surface area (Å²) in [6.07, 6.45) is 33.8. The molecule has 0 aliphatic carbocycles. The van der Waals surface area contributed by atoms with Gasteiger partial charge < -0.3 is 14.6 Å². The van der Waals surface area contributed by atoms with Gasteiger partial charge in [-0.15, -0.1) is 0 Å². The Morgan fingerprint density at radius 2 is 0.744 bits per heavy atom. The number of ether oxygens (including phenoxy) is 2. The first-order valence-electron chi connectivity index (χ1n) is 16.9. The van der Waals surface area contributed by atoms with Crippen molar-refractivity contribution in [2.75, 3.05) is 20.8 Å². The van der Waals surface area contributed by atoms with Crippen molar-refractivity contribution in [1.29, 1.82) is 0 Å². The first kappa shape index (κ1) is 40.0. The number of carbonyl (C=O) groups is 2. The second-order valence-corrected chi connectivity index (χ2v) is 11.4. The average Bonchev–Trinajstić information content (AvgIpc) is 2.91. The van der Waals surface area contributed by atoms with Gasteiger partial charge in [-0.05, 0) is 19.3 Å². The van der Waals surface area contributed by atoms with E-state index in [0.717, 1.165) is 25.7 Å². The van der Waals surface area contributed by atoms with Crippen LogP contribution in [-0.4, -0.2) is 37.9 Å². The minimum Gasteiger partial charge on any atom is -0.481 e. The molecule has 0 saturated carbocycles. The van der Waals surface area contributed by atoms with E-state index in [0.29, 0.717) is 19.4 Å². The first-order valence-corrected chi connectivity index (χ1v) is 16.9. The maximum Gasteiger partial charge on any atom is 0.305 e. The fourth-order valence-electron chi connectivity index (χ4n) is 4.87. The summed E-state index contributed by atoms with van der Waals surface area (Å²) in [5, 5.41) is 8.61. The molecule has 0 bridgehead atoms. The van der Waals surface area contributed by atoms with Crippen molar-refractivity contribution in [1.82, 2.24) is 0 Å². The highest BCUT2D eigenvalue weighted by molar-refractivity contribution is 5.69. The van der Waals surface area contributed by atoms with E-state index in [1.165, 1.54) is 141 Å². The first-order chi connectivity index (χ1) is 19.1.